The van der Waals surface area contributed by atoms with Gasteiger partial charge in [0.1, 0.15) is 4.70 Å². The number of carbonyl (C=O) groups is 1. The van der Waals surface area contributed by atoms with Crippen LogP contribution in [0.5, 0.6) is 0 Å². The van der Waals surface area contributed by atoms with Crippen LogP contribution in [0.2, 0.25) is 0 Å². The maximum Gasteiger partial charge on any atom is 0.272 e. The van der Waals surface area contributed by atoms with Crippen LogP contribution >= 0.6 is 23.1 Å². The van der Waals surface area contributed by atoms with Crippen LogP contribution in [0.25, 0.3) is 20.7 Å². The molecule has 0 aliphatic heterocycles. The number of fused-ring (bicyclic) bond motifs is 1. The Kier molecular flexibility index (Phi) is 5.51. The van der Waals surface area contributed by atoms with E-state index in [1.807, 2.05) is 55.5 Å². The number of thiophene rings is 1. The number of nitrogens with zero attached hydrogens (tertiary/aromatic N) is 2. The lowest BCUT2D eigenvalue weighted by molar-refractivity contribution is -0.115. The molecule has 0 fully saturated rings. The van der Waals surface area contributed by atoms with Crippen LogP contribution < -0.4 is 11.3 Å². The quantitative estimate of drug-likeness (QED) is 0.376. The van der Waals surface area contributed by atoms with Gasteiger partial charge in [-0.3, -0.25) is 14.2 Å². The van der Waals surface area contributed by atoms with Gasteiger partial charge in [-0.15, -0.1) is 11.3 Å². The van der Waals surface area contributed by atoms with Crippen molar-refractivity contribution in [2.75, 3.05) is 5.75 Å². The van der Waals surface area contributed by atoms with E-state index in [1.165, 1.54) is 28.7 Å². The fourth-order valence-corrected chi connectivity index (χ4v) is 4.79. The molecule has 1 amide bonds. The highest BCUT2D eigenvalue weighted by atomic mass is 32.2. The Hall–Kier alpha value is -2.90. The maximum atomic E-state index is 13.3. The molecule has 0 aliphatic rings. The second-order valence-corrected chi connectivity index (χ2v) is 8.71. The molecule has 2 aromatic carbocycles. The van der Waals surface area contributed by atoms with E-state index in [0.29, 0.717) is 21.9 Å². The molecule has 0 aliphatic carbocycles. The molecule has 0 unspecified atom stereocenters. The predicted molar refractivity (Wildman–Crippen MR) is 120 cm³/mol. The third kappa shape index (κ3) is 4.26. The van der Waals surface area contributed by atoms with E-state index in [0.717, 1.165) is 16.0 Å². The summed E-state index contributed by atoms with van der Waals surface area (Å²) in [6.45, 7) is 2.43. The van der Waals surface area contributed by atoms with Crippen molar-refractivity contribution in [1.29, 1.82) is 0 Å². The maximum absolute atomic E-state index is 13.3. The predicted octanol–water partition coefficient (Wildman–Crippen LogP) is 4.06. The van der Waals surface area contributed by atoms with Crippen LogP contribution in [-0.2, 0) is 11.3 Å². The first-order valence-corrected chi connectivity index (χ1v) is 10.9. The van der Waals surface area contributed by atoms with E-state index in [1.54, 1.807) is 4.57 Å². The highest BCUT2D eigenvalue weighted by Crippen LogP contribution is 2.32. The summed E-state index contributed by atoms with van der Waals surface area (Å²) in [5.74, 6) is -0.372. The molecule has 146 valence electrons. The fourth-order valence-electron chi connectivity index (χ4n) is 3.00. The van der Waals surface area contributed by atoms with Crippen LogP contribution in [0.1, 0.15) is 11.1 Å². The Morgan fingerprint density at radius 3 is 2.55 bits per heavy atom. The molecule has 0 spiro atoms. The first-order valence-electron chi connectivity index (χ1n) is 9.08. The zero-order valence-electron chi connectivity index (χ0n) is 15.8. The topological polar surface area (TPSA) is 78.0 Å². The number of rotatable bonds is 6. The van der Waals surface area contributed by atoms with E-state index in [2.05, 4.69) is 12.1 Å². The van der Waals surface area contributed by atoms with Gasteiger partial charge in [-0.2, -0.15) is 0 Å². The van der Waals surface area contributed by atoms with Gasteiger partial charge in [0.15, 0.2) is 5.16 Å². The largest absolute Gasteiger partial charge is 0.369 e. The molecule has 0 atom stereocenters. The second kappa shape index (κ2) is 8.23. The number of thioether (sulfide) groups is 1. The minimum atomic E-state index is -0.443. The fraction of sp³-hybridized carbons (Fsp3) is 0.136. The Morgan fingerprint density at radius 2 is 1.86 bits per heavy atom. The molecule has 4 aromatic rings. The van der Waals surface area contributed by atoms with Crippen molar-refractivity contribution in [1.82, 2.24) is 9.55 Å². The highest BCUT2D eigenvalue weighted by molar-refractivity contribution is 7.99. The number of carbonyl (C=O) groups excluding carboxylic acids is 1. The molecule has 0 saturated carbocycles. The van der Waals surface area contributed by atoms with E-state index in [9.17, 15) is 9.59 Å². The van der Waals surface area contributed by atoms with E-state index in [-0.39, 0.29) is 11.3 Å². The molecular weight excluding hydrogens is 402 g/mol. The van der Waals surface area contributed by atoms with Crippen molar-refractivity contribution in [3.8, 4) is 10.4 Å². The normalized spacial score (nSPS) is 11.1. The molecule has 7 heteroatoms. The number of amides is 1. The molecule has 4 rings (SSSR count). The molecule has 2 heterocycles. The Labute approximate surface area is 176 Å². The lowest BCUT2D eigenvalue weighted by Crippen LogP contribution is -2.24. The third-order valence-electron chi connectivity index (χ3n) is 4.46. The number of primary amides is 1. The Morgan fingerprint density at radius 1 is 1.14 bits per heavy atom. The summed E-state index contributed by atoms with van der Waals surface area (Å²) in [4.78, 5) is 30.3. The van der Waals surface area contributed by atoms with Gasteiger partial charge in [-0.1, -0.05) is 71.9 Å². The number of aromatic nitrogens is 2. The van der Waals surface area contributed by atoms with Gasteiger partial charge in [-0.25, -0.2) is 4.98 Å². The van der Waals surface area contributed by atoms with Crippen molar-refractivity contribution in [3.63, 3.8) is 0 Å². The molecule has 0 bridgehead atoms. The first kappa shape index (κ1) is 19.4. The summed E-state index contributed by atoms with van der Waals surface area (Å²) in [6, 6.07) is 19.9. The highest BCUT2D eigenvalue weighted by Gasteiger charge is 2.16. The van der Waals surface area contributed by atoms with Crippen LogP contribution in [-0.4, -0.2) is 21.2 Å². The van der Waals surface area contributed by atoms with Crippen molar-refractivity contribution < 1.29 is 4.79 Å². The summed E-state index contributed by atoms with van der Waals surface area (Å²) < 4.78 is 2.24. The minimum Gasteiger partial charge on any atom is -0.369 e. The third-order valence-corrected chi connectivity index (χ3v) is 6.62. The van der Waals surface area contributed by atoms with Gasteiger partial charge >= 0.3 is 0 Å². The molecule has 2 N–H and O–H groups in total. The monoisotopic (exact) mass is 421 g/mol. The zero-order chi connectivity index (χ0) is 20.4. The van der Waals surface area contributed by atoms with Gasteiger partial charge < -0.3 is 5.73 Å². The number of aryl methyl sites for hydroxylation is 1. The van der Waals surface area contributed by atoms with Crippen LogP contribution in [0.15, 0.2) is 70.6 Å². The number of nitrogens with two attached hydrogens (primary N) is 1. The van der Waals surface area contributed by atoms with Crippen molar-refractivity contribution in [2.24, 2.45) is 5.73 Å². The molecule has 5 nitrogen and oxygen atoms in total. The molecular formula is C22H19N3O2S2. The summed E-state index contributed by atoms with van der Waals surface area (Å²) in [5, 5.41) is 0.499. The van der Waals surface area contributed by atoms with Gasteiger partial charge in [0, 0.05) is 4.88 Å². The van der Waals surface area contributed by atoms with Gasteiger partial charge in [0.2, 0.25) is 5.91 Å². The number of hydrogen-bond acceptors (Lipinski definition) is 5. The van der Waals surface area contributed by atoms with Crippen LogP contribution in [0.3, 0.4) is 0 Å². The second-order valence-electron chi connectivity index (χ2n) is 6.72. The molecule has 29 heavy (non-hydrogen) atoms. The zero-order valence-corrected chi connectivity index (χ0v) is 17.4. The summed E-state index contributed by atoms with van der Waals surface area (Å²) in [7, 11) is 0. The Bertz CT molecular complexity index is 1230. The smallest absolute Gasteiger partial charge is 0.272 e. The van der Waals surface area contributed by atoms with Crippen molar-refractivity contribution in [2.45, 2.75) is 18.6 Å². The summed E-state index contributed by atoms with van der Waals surface area (Å²) in [5.41, 5.74) is 9.09. The SMILES string of the molecule is Cc1ccc(-c2cc3nc(SCC(N)=O)n(Cc4ccccc4)c(=O)c3s2)cc1. The van der Waals surface area contributed by atoms with E-state index in [4.69, 9.17) is 10.7 Å². The van der Waals surface area contributed by atoms with Gasteiger partial charge in [-0.05, 0) is 24.1 Å². The molecule has 0 radical (unpaired) electrons. The van der Waals surface area contributed by atoms with E-state index < -0.39 is 5.91 Å². The van der Waals surface area contributed by atoms with Crippen molar-refractivity contribution >= 4 is 39.2 Å². The average Bonchev–Trinajstić information content (AvgIpc) is 3.14. The van der Waals surface area contributed by atoms with Crippen LogP contribution in [0, 0.1) is 6.92 Å². The number of benzene rings is 2. The Balaban J connectivity index is 1.83. The first-order chi connectivity index (χ1) is 14.0. The lowest BCUT2D eigenvalue weighted by atomic mass is 10.1. The molecule has 0 saturated heterocycles. The summed E-state index contributed by atoms with van der Waals surface area (Å²) >= 11 is 2.64. The number of hydrogen-bond donors (Lipinski definition) is 1. The summed E-state index contributed by atoms with van der Waals surface area (Å²) in [6.07, 6.45) is 0. The van der Waals surface area contributed by atoms with Gasteiger partial charge in [0.05, 0.1) is 17.8 Å². The van der Waals surface area contributed by atoms with E-state index >= 15 is 0 Å². The average molecular weight is 422 g/mol. The minimum absolute atomic E-state index is 0.0711. The molecule has 2 aromatic heterocycles. The van der Waals surface area contributed by atoms with Crippen molar-refractivity contribution in [3.05, 3.63) is 82.1 Å². The van der Waals surface area contributed by atoms with Crippen LogP contribution in [0.4, 0.5) is 0 Å². The standard InChI is InChI=1S/C22H19N3O2S2/c1-14-7-9-16(10-8-14)18-11-17-20(29-18)21(27)25(12-15-5-3-2-4-6-15)22(24-17)28-13-19(23)26/h2-11H,12-13H2,1H3,(H2,23,26). The van der Waals surface area contributed by atoms with Gasteiger partial charge in [0.25, 0.3) is 5.56 Å². The lowest BCUT2D eigenvalue weighted by Gasteiger charge is -2.11.